The van der Waals surface area contributed by atoms with Crippen LogP contribution in [0.25, 0.3) is 11.6 Å². The summed E-state index contributed by atoms with van der Waals surface area (Å²) in [6.07, 6.45) is 5.85. The predicted molar refractivity (Wildman–Crippen MR) is 111 cm³/mol. The molecule has 9 heteroatoms. The van der Waals surface area contributed by atoms with E-state index in [1.54, 1.807) is 6.26 Å². The number of furan rings is 1. The highest BCUT2D eigenvalue weighted by molar-refractivity contribution is 5.79. The van der Waals surface area contributed by atoms with Crippen LogP contribution in [-0.2, 0) is 11.2 Å². The molecule has 4 heterocycles. The second kappa shape index (κ2) is 9.89. The number of aromatic nitrogens is 3. The number of hydrogen-bond donors (Lipinski definition) is 3. The van der Waals surface area contributed by atoms with Crippen LogP contribution in [0, 0.1) is 5.92 Å². The second-order valence-electron chi connectivity index (χ2n) is 7.78. The van der Waals surface area contributed by atoms with Gasteiger partial charge in [0.1, 0.15) is 5.82 Å². The number of aliphatic imine (C=N–C) groups is 1. The number of H-pyrrole nitrogens is 1. The van der Waals surface area contributed by atoms with Gasteiger partial charge in [-0.2, -0.15) is 5.10 Å². The lowest BCUT2D eigenvalue weighted by Gasteiger charge is -2.34. The van der Waals surface area contributed by atoms with Gasteiger partial charge in [0.25, 0.3) is 0 Å². The molecule has 0 bridgehead atoms. The summed E-state index contributed by atoms with van der Waals surface area (Å²) in [5.74, 6) is 3.65. The number of guanidine groups is 1. The molecule has 2 aliphatic rings. The number of rotatable bonds is 7. The zero-order valence-electron chi connectivity index (χ0n) is 17.1. The molecular weight excluding hydrogens is 370 g/mol. The van der Waals surface area contributed by atoms with Crippen molar-refractivity contribution in [3.05, 3.63) is 24.2 Å². The Bertz CT molecular complexity index is 760. The van der Waals surface area contributed by atoms with E-state index in [0.717, 1.165) is 69.8 Å². The minimum atomic E-state index is 0.466. The molecule has 2 fully saturated rings. The van der Waals surface area contributed by atoms with Gasteiger partial charge in [-0.15, -0.1) is 0 Å². The van der Waals surface area contributed by atoms with Gasteiger partial charge in [-0.1, -0.05) is 0 Å². The molecule has 158 valence electrons. The monoisotopic (exact) mass is 401 g/mol. The topological polar surface area (TPSA) is 104 Å². The van der Waals surface area contributed by atoms with Crippen LogP contribution < -0.4 is 10.6 Å². The van der Waals surface area contributed by atoms with E-state index in [2.05, 4.69) is 35.7 Å². The van der Waals surface area contributed by atoms with Crippen LogP contribution in [0.4, 0.5) is 0 Å². The zero-order chi connectivity index (χ0) is 19.9. The van der Waals surface area contributed by atoms with Crippen LogP contribution in [0.2, 0.25) is 0 Å². The maximum Gasteiger partial charge on any atom is 0.216 e. The molecule has 29 heavy (non-hydrogen) atoms. The lowest BCUT2D eigenvalue weighted by atomic mass is 10.0. The van der Waals surface area contributed by atoms with E-state index in [0.29, 0.717) is 17.6 Å². The summed E-state index contributed by atoms with van der Waals surface area (Å²) in [5, 5.41) is 14.1. The van der Waals surface area contributed by atoms with Gasteiger partial charge in [0.2, 0.25) is 5.82 Å². The van der Waals surface area contributed by atoms with Gasteiger partial charge in [0, 0.05) is 52.3 Å². The van der Waals surface area contributed by atoms with Crippen molar-refractivity contribution in [2.24, 2.45) is 10.9 Å². The first-order chi connectivity index (χ1) is 14.3. The number of nitrogens with zero attached hydrogens (tertiary/aromatic N) is 4. The Morgan fingerprint density at radius 3 is 2.97 bits per heavy atom. The first-order valence-corrected chi connectivity index (χ1v) is 10.5. The fraction of sp³-hybridized carbons (Fsp3) is 0.650. The van der Waals surface area contributed by atoms with Crippen molar-refractivity contribution in [2.75, 3.05) is 46.4 Å². The zero-order valence-corrected chi connectivity index (χ0v) is 17.1. The Kier molecular flexibility index (Phi) is 6.79. The van der Waals surface area contributed by atoms with E-state index >= 15 is 0 Å². The van der Waals surface area contributed by atoms with Crippen molar-refractivity contribution in [3.8, 4) is 11.6 Å². The lowest BCUT2D eigenvalue weighted by Crippen LogP contribution is -2.49. The summed E-state index contributed by atoms with van der Waals surface area (Å²) in [6, 6.07) is 4.15. The van der Waals surface area contributed by atoms with Crippen molar-refractivity contribution in [2.45, 2.75) is 31.7 Å². The van der Waals surface area contributed by atoms with Gasteiger partial charge in [0.05, 0.1) is 12.9 Å². The molecule has 0 aromatic carbocycles. The molecular formula is C20H31N7O2. The molecule has 2 aromatic heterocycles. The number of piperidine rings is 1. The molecule has 3 N–H and O–H groups in total. The summed E-state index contributed by atoms with van der Waals surface area (Å²) >= 11 is 0. The third-order valence-corrected chi connectivity index (χ3v) is 5.62. The fourth-order valence-electron chi connectivity index (χ4n) is 3.96. The van der Waals surface area contributed by atoms with Crippen LogP contribution in [-0.4, -0.2) is 78.5 Å². The van der Waals surface area contributed by atoms with Crippen molar-refractivity contribution < 1.29 is 9.15 Å². The van der Waals surface area contributed by atoms with Crippen molar-refractivity contribution in [3.63, 3.8) is 0 Å². The van der Waals surface area contributed by atoms with Crippen molar-refractivity contribution >= 4 is 5.96 Å². The van der Waals surface area contributed by atoms with Crippen molar-refractivity contribution in [1.29, 1.82) is 0 Å². The van der Waals surface area contributed by atoms with Gasteiger partial charge in [-0.05, 0) is 37.3 Å². The van der Waals surface area contributed by atoms with Crippen LogP contribution in [0.1, 0.15) is 25.1 Å². The highest BCUT2D eigenvalue weighted by Gasteiger charge is 2.24. The van der Waals surface area contributed by atoms with Gasteiger partial charge < -0.3 is 24.7 Å². The smallest absolute Gasteiger partial charge is 0.216 e. The predicted octanol–water partition coefficient (Wildman–Crippen LogP) is 1.27. The minimum absolute atomic E-state index is 0.466. The lowest BCUT2D eigenvalue weighted by molar-refractivity contribution is 0.150. The fourth-order valence-corrected chi connectivity index (χ4v) is 3.96. The summed E-state index contributed by atoms with van der Waals surface area (Å²) in [5.41, 5.74) is 0. The van der Waals surface area contributed by atoms with Crippen LogP contribution >= 0.6 is 0 Å². The molecule has 2 aliphatic heterocycles. The molecule has 0 radical (unpaired) electrons. The third-order valence-electron chi connectivity index (χ3n) is 5.62. The van der Waals surface area contributed by atoms with Crippen LogP contribution in [0.3, 0.4) is 0 Å². The van der Waals surface area contributed by atoms with E-state index in [4.69, 9.17) is 9.15 Å². The molecule has 2 saturated heterocycles. The maximum absolute atomic E-state index is 5.50. The van der Waals surface area contributed by atoms with Gasteiger partial charge in [-0.25, -0.2) is 4.98 Å². The average molecular weight is 402 g/mol. The molecule has 0 spiro atoms. The van der Waals surface area contributed by atoms with Gasteiger partial charge in [-0.3, -0.25) is 10.1 Å². The van der Waals surface area contributed by atoms with E-state index < -0.39 is 0 Å². The Labute approximate surface area is 171 Å². The molecule has 0 saturated carbocycles. The van der Waals surface area contributed by atoms with Crippen LogP contribution in [0.5, 0.6) is 0 Å². The summed E-state index contributed by atoms with van der Waals surface area (Å²) in [7, 11) is 1.81. The van der Waals surface area contributed by atoms with E-state index in [1.807, 2.05) is 19.2 Å². The van der Waals surface area contributed by atoms with Gasteiger partial charge in [0.15, 0.2) is 11.7 Å². The molecule has 2 aromatic rings. The summed E-state index contributed by atoms with van der Waals surface area (Å²) in [4.78, 5) is 11.4. The third kappa shape index (κ3) is 5.57. The quantitative estimate of drug-likeness (QED) is 0.474. The standard InChI is InChI=1S/C20H31N7O2/c1-21-20(22-8-4-18-24-19(26-25-18)17-3-2-11-29-17)23-16-5-9-27(10-6-16)13-15-7-12-28-14-15/h2-3,11,15-16H,4-10,12-14H2,1H3,(H2,21,22,23)(H,24,25,26). The van der Waals surface area contributed by atoms with E-state index in [9.17, 15) is 0 Å². The van der Waals surface area contributed by atoms with E-state index in [-0.39, 0.29) is 0 Å². The molecule has 0 amide bonds. The van der Waals surface area contributed by atoms with Crippen LogP contribution in [0.15, 0.2) is 27.8 Å². The second-order valence-corrected chi connectivity index (χ2v) is 7.78. The number of likely N-dealkylation sites (tertiary alicyclic amines) is 1. The summed E-state index contributed by atoms with van der Waals surface area (Å²) < 4.78 is 10.8. The molecule has 1 atom stereocenters. The Balaban J connectivity index is 1.16. The molecule has 1 unspecified atom stereocenters. The van der Waals surface area contributed by atoms with E-state index in [1.165, 1.54) is 13.0 Å². The summed E-state index contributed by atoms with van der Waals surface area (Å²) in [6.45, 7) is 6.05. The largest absolute Gasteiger partial charge is 0.461 e. The Morgan fingerprint density at radius 2 is 2.24 bits per heavy atom. The highest BCUT2D eigenvalue weighted by Crippen LogP contribution is 2.18. The SMILES string of the molecule is CN=C(NCCc1nc(-c2ccco2)n[nH]1)NC1CCN(CC2CCOC2)CC1. The van der Waals surface area contributed by atoms with Gasteiger partial charge >= 0.3 is 0 Å². The average Bonchev–Trinajstić information content (AvgIpc) is 3.51. The highest BCUT2D eigenvalue weighted by atomic mass is 16.5. The number of nitrogens with one attached hydrogen (secondary N) is 3. The molecule has 4 rings (SSSR count). The number of hydrogen-bond acceptors (Lipinski definition) is 6. The first kappa shape index (κ1) is 19.9. The minimum Gasteiger partial charge on any atom is -0.461 e. The Hall–Kier alpha value is -2.39. The normalized spacial score (nSPS) is 21.6. The molecule has 9 nitrogen and oxygen atoms in total. The number of ether oxygens (including phenoxy) is 1. The Morgan fingerprint density at radius 1 is 1.34 bits per heavy atom. The maximum atomic E-state index is 5.50. The molecule has 0 aliphatic carbocycles. The first-order valence-electron chi connectivity index (χ1n) is 10.5. The van der Waals surface area contributed by atoms with Crippen molar-refractivity contribution in [1.82, 2.24) is 30.7 Å². The number of aromatic amines is 1.